The fourth-order valence-electron chi connectivity index (χ4n) is 3.15. The third kappa shape index (κ3) is 5.19. The molecule has 2 amide bonds. The standard InChI is InChI=1S/C15H26N2O4/c1-11-10-13(6-9-21-11)16-15(20)17-7-4-12(5-8-17)2-3-14(18)19/h11-13H,2-10H2,1H3,(H,16,20)(H,18,19). The molecule has 6 heteroatoms. The highest BCUT2D eigenvalue weighted by molar-refractivity contribution is 5.74. The second kappa shape index (κ2) is 7.64. The molecule has 2 aliphatic heterocycles. The maximum Gasteiger partial charge on any atom is 0.317 e. The van der Waals surface area contributed by atoms with E-state index < -0.39 is 5.97 Å². The Hall–Kier alpha value is -1.30. The fourth-order valence-corrected chi connectivity index (χ4v) is 3.15. The van der Waals surface area contributed by atoms with Crippen molar-refractivity contribution in [2.75, 3.05) is 19.7 Å². The average molecular weight is 298 g/mol. The van der Waals surface area contributed by atoms with E-state index in [0.29, 0.717) is 12.5 Å². The molecule has 0 saturated carbocycles. The summed E-state index contributed by atoms with van der Waals surface area (Å²) >= 11 is 0. The van der Waals surface area contributed by atoms with Crippen LogP contribution in [-0.4, -0.2) is 53.8 Å². The van der Waals surface area contributed by atoms with Crippen LogP contribution < -0.4 is 5.32 Å². The zero-order chi connectivity index (χ0) is 15.2. The van der Waals surface area contributed by atoms with Crippen LogP contribution in [0.15, 0.2) is 0 Å². The molecule has 2 N–H and O–H groups in total. The van der Waals surface area contributed by atoms with Crippen LogP contribution in [0, 0.1) is 5.92 Å². The van der Waals surface area contributed by atoms with E-state index in [0.717, 1.165) is 45.2 Å². The van der Waals surface area contributed by atoms with Crippen molar-refractivity contribution in [1.29, 1.82) is 0 Å². The molecule has 2 rings (SSSR count). The number of nitrogens with zero attached hydrogens (tertiary/aromatic N) is 1. The molecule has 0 radical (unpaired) electrons. The van der Waals surface area contributed by atoms with Crippen molar-refractivity contribution in [3.05, 3.63) is 0 Å². The molecule has 2 fully saturated rings. The zero-order valence-electron chi connectivity index (χ0n) is 12.7. The van der Waals surface area contributed by atoms with Crippen LogP contribution in [-0.2, 0) is 9.53 Å². The summed E-state index contributed by atoms with van der Waals surface area (Å²) in [5.41, 5.74) is 0. The first-order chi connectivity index (χ1) is 10.0. The molecule has 0 aromatic carbocycles. The van der Waals surface area contributed by atoms with E-state index in [1.807, 2.05) is 11.8 Å². The van der Waals surface area contributed by atoms with Crippen LogP contribution in [0.25, 0.3) is 0 Å². The van der Waals surface area contributed by atoms with Gasteiger partial charge in [0.25, 0.3) is 0 Å². The zero-order valence-corrected chi connectivity index (χ0v) is 12.7. The van der Waals surface area contributed by atoms with Crippen molar-refractivity contribution < 1.29 is 19.4 Å². The normalized spacial score (nSPS) is 27.4. The van der Waals surface area contributed by atoms with Crippen LogP contribution in [0.5, 0.6) is 0 Å². The Labute approximate surface area is 125 Å². The van der Waals surface area contributed by atoms with E-state index >= 15 is 0 Å². The SMILES string of the molecule is CC1CC(NC(=O)N2CCC(CCC(=O)O)CC2)CCO1. The topological polar surface area (TPSA) is 78.9 Å². The molecule has 120 valence electrons. The number of carboxylic acid groups (broad SMARTS) is 1. The molecule has 0 aliphatic carbocycles. The van der Waals surface area contributed by atoms with Gasteiger partial charge >= 0.3 is 12.0 Å². The molecule has 2 atom stereocenters. The van der Waals surface area contributed by atoms with Crippen LogP contribution in [0.3, 0.4) is 0 Å². The van der Waals surface area contributed by atoms with Gasteiger partial charge in [-0.05, 0) is 44.9 Å². The van der Waals surface area contributed by atoms with Crippen molar-refractivity contribution in [2.24, 2.45) is 5.92 Å². The molecular formula is C15H26N2O4. The average Bonchev–Trinajstić information content (AvgIpc) is 2.45. The van der Waals surface area contributed by atoms with Gasteiger partial charge < -0.3 is 20.1 Å². The summed E-state index contributed by atoms with van der Waals surface area (Å²) in [6, 6.07) is 0.233. The molecule has 0 aromatic rings. The number of rotatable bonds is 4. The molecule has 0 spiro atoms. The number of piperidine rings is 1. The second-order valence-corrected chi connectivity index (χ2v) is 6.22. The maximum absolute atomic E-state index is 12.2. The maximum atomic E-state index is 12.2. The Kier molecular flexibility index (Phi) is 5.85. The molecule has 2 unspecified atom stereocenters. The number of hydrogen-bond donors (Lipinski definition) is 2. The van der Waals surface area contributed by atoms with Crippen molar-refractivity contribution in [2.45, 2.75) is 57.6 Å². The Balaban J connectivity index is 1.69. The highest BCUT2D eigenvalue weighted by Gasteiger charge is 2.26. The lowest BCUT2D eigenvalue weighted by Crippen LogP contribution is -2.50. The number of carboxylic acids is 1. The molecule has 21 heavy (non-hydrogen) atoms. The minimum Gasteiger partial charge on any atom is -0.481 e. The highest BCUT2D eigenvalue weighted by atomic mass is 16.5. The number of aliphatic carboxylic acids is 1. The Morgan fingerprint density at radius 2 is 2.00 bits per heavy atom. The largest absolute Gasteiger partial charge is 0.481 e. The summed E-state index contributed by atoms with van der Waals surface area (Å²) in [6.45, 7) is 4.21. The van der Waals surface area contributed by atoms with E-state index in [9.17, 15) is 9.59 Å². The minimum atomic E-state index is -0.733. The van der Waals surface area contributed by atoms with E-state index in [1.54, 1.807) is 0 Å². The summed E-state index contributed by atoms with van der Waals surface area (Å²) in [4.78, 5) is 24.7. The number of likely N-dealkylation sites (tertiary alicyclic amines) is 1. The highest BCUT2D eigenvalue weighted by Crippen LogP contribution is 2.22. The van der Waals surface area contributed by atoms with Gasteiger partial charge in [0.2, 0.25) is 0 Å². The molecule has 0 bridgehead atoms. The van der Waals surface area contributed by atoms with Crippen LogP contribution >= 0.6 is 0 Å². The van der Waals surface area contributed by atoms with Crippen molar-refractivity contribution in [3.63, 3.8) is 0 Å². The van der Waals surface area contributed by atoms with Crippen molar-refractivity contribution in [3.8, 4) is 0 Å². The molecule has 6 nitrogen and oxygen atoms in total. The van der Waals surface area contributed by atoms with Gasteiger partial charge in [-0.2, -0.15) is 0 Å². The third-order valence-corrected chi connectivity index (χ3v) is 4.48. The lowest BCUT2D eigenvalue weighted by atomic mass is 9.92. The van der Waals surface area contributed by atoms with Crippen molar-refractivity contribution >= 4 is 12.0 Å². The molecule has 2 saturated heterocycles. The van der Waals surface area contributed by atoms with Gasteiger partial charge in [0.15, 0.2) is 0 Å². The van der Waals surface area contributed by atoms with Gasteiger partial charge in [0, 0.05) is 32.2 Å². The first-order valence-corrected chi connectivity index (χ1v) is 7.93. The lowest BCUT2D eigenvalue weighted by Gasteiger charge is -2.34. The van der Waals surface area contributed by atoms with Crippen LogP contribution in [0.2, 0.25) is 0 Å². The molecular weight excluding hydrogens is 272 g/mol. The predicted octanol–water partition coefficient (Wildman–Crippen LogP) is 1.84. The summed E-state index contributed by atoms with van der Waals surface area (Å²) < 4.78 is 5.48. The van der Waals surface area contributed by atoms with E-state index in [1.165, 1.54) is 0 Å². The Bertz CT molecular complexity index is 367. The summed E-state index contributed by atoms with van der Waals surface area (Å²) in [7, 11) is 0. The van der Waals surface area contributed by atoms with E-state index in [4.69, 9.17) is 9.84 Å². The quantitative estimate of drug-likeness (QED) is 0.830. The van der Waals surface area contributed by atoms with Crippen molar-refractivity contribution in [1.82, 2.24) is 10.2 Å². The first kappa shape index (κ1) is 16.1. The van der Waals surface area contributed by atoms with Gasteiger partial charge in [0.1, 0.15) is 0 Å². The van der Waals surface area contributed by atoms with Crippen LogP contribution in [0.4, 0.5) is 4.79 Å². The smallest absolute Gasteiger partial charge is 0.317 e. The van der Waals surface area contributed by atoms with Gasteiger partial charge in [-0.1, -0.05) is 0 Å². The number of hydrogen-bond acceptors (Lipinski definition) is 3. The van der Waals surface area contributed by atoms with Gasteiger partial charge in [0.05, 0.1) is 6.10 Å². The number of carbonyl (C=O) groups is 2. The Morgan fingerprint density at radius 1 is 1.29 bits per heavy atom. The van der Waals surface area contributed by atoms with E-state index in [2.05, 4.69) is 5.32 Å². The fraction of sp³-hybridized carbons (Fsp3) is 0.867. The summed E-state index contributed by atoms with van der Waals surface area (Å²) in [5.74, 6) is -0.294. The summed E-state index contributed by atoms with van der Waals surface area (Å²) in [5, 5.41) is 11.8. The third-order valence-electron chi connectivity index (χ3n) is 4.48. The number of amides is 2. The number of carbonyl (C=O) groups excluding carboxylic acids is 1. The molecule has 2 heterocycles. The lowest BCUT2D eigenvalue weighted by molar-refractivity contribution is -0.137. The van der Waals surface area contributed by atoms with E-state index in [-0.39, 0.29) is 24.6 Å². The molecule has 2 aliphatic rings. The molecule has 0 aromatic heterocycles. The minimum absolute atomic E-state index is 0.0192. The second-order valence-electron chi connectivity index (χ2n) is 6.22. The van der Waals surface area contributed by atoms with Gasteiger partial charge in [-0.3, -0.25) is 4.79 Å². The van der Waals surface area contributed by atoms with Crippen LogP contribution in [0.1, 0.15) is 45.4 Å². The number of nitrogens with one attached hydrogen (secondary N) is 1. The summed E-state index contributed by atoms with van der Waals surface area (Å²) in [6.07, 6.45) is 4.74. The van der Waals surface area contributed by atoms with Gasteiger partial charge in [-0.15, -0.1) is 0 Å². The number of ether oxygens (including phenoxy) is 1. The first-order valence-electron chi connectivity index (χ1n) is 7.93. The van der Waals surface area contributed by atoms with Gasteiger partial charge in [-0.25, -0.2) is 4.79 Å². The number of urea groups is 1. The predicted molar refractivity (Wildman–Crippen MR) is 78.1 cm³/mol. The monoisotopic (exact) mass is 298 g/mol. The Morgan fingerprint density at radius 3 is 2.62 bits per heavy atom.